The summed E-state index contributed by atoms with van der Waals surface area (Å²) in [5, 5.41) is 0. The van der Waals surface area contributed by atoms with Gasteiger partial charge in [0.1, 0.15) is 5.52 Å². The number of likely N-dealkylation sites (tertiary alicyclic amines) is 1. The van der Waals surface area contributed by atoms with E-state index in [0.717, 1.165) is 36.4 Å². The monoisotopic (exact) mass is 245 g/mol. The Balaban J connectivity index is 1.93. The zero-order chi connectivity index (χ0) is 12.7. The number of piperidine rings is 1. The van der Waals surface area contributed by atoms with Gasteiger partial charge in [-0.2, -0.15) is 0 Å². The van der Waals surface area contributed by atoms with E-state index in [2.05, 4.69) is 16.9 Å². The number of likely N-dealkylation sites (N-methyl/N-ethyl adjacent to an activating group) is 1. The van der Waals surface area contributed by atoms with Gasteiger partial charge >= 0.3 is 0 Å². The summed E-state index contributed by atoms with van der Waals surface area (Å²) in [6, 6.07) is 2.25. The molecule has 1 aliphatic heterocycles. The van der Waals surface area contributed by atoms with Gasteiger partial charge in [-0.25, -0.2) is 9.97 Å². The van der Waals surface area contributed by atoms with Gasteiger partial charge in [-0.1, -0.05) is 0 Å². The highest BCUT2D eigenvalue weighted by Gasteiger charge is 2.25. The lowest BCUT2D eigenvalue weighted by atomic mass is 9.92. The zero-order valence-electron chi connectivity index (χ0n) is 10.9. The highest BCUT2D eigenvalue weighted by atomic mass is 15.1. The molecule has 18 heavy (non-hydrogen) atoms. The second-order valence-corrected chi connectivity index (χ2v) is 5.34. The van der Waals surface area contributed by atoms with Crippen molar-refractivity contribution in [2.75, 3.05) is 20.1 Å². The average Bonchev–Trinajstić information content (AvgIpc) is 2.69. The van der Waals surface area contributed by atoms with Crippen molar-refractivity contribution in [2.24, 2.45) is 12.8 Å². The fourth-order valence-corrected chi connectivity index (χ4v) is 2.82. The summed E-state index contributed by atoms with van der Waals surface area (Å²) < 4.78 is 1.99. The van der Waals surface area contributed by atoms with Crippen LogP contribution in [0.4, 0.5) is 0 Å². The minimum absolute atomic E-state index is 0.238. The molecule has 5 heteroatoms. The molecule has 1 fully saturated rings. The van der Waals surface area contributed by atoms with Crippen molar-refractivity contribution >= 4 is 11.2 Å². The Morgan fingerprint density at radius 1 is 1.33 bits per heavy atom. The molecule has 0 saturated carbocycles. The molecule has 0 spiro atoms. The molecular formula is C13H19N5. The first-order valence-electron chi connectivity index (χ1n) is 6.35. The van der Waals surface area contributed by atoms with Crippen molar-refractivity contribution < 1.29 is 0 Å². The highest BCUT2D eigenvalue weighted by Crippen LogP contribution is 2.25. The van der Waals surface area contributed by atoms with Gasteiger partial charge in [0.2, 0.25) is 0 Å². The summed E-state index contributed by atoms with van der Waals surface area (Å²) in [6.07, 6.45) is 4.89. The molecule has 3 rings (SSSR count). The van der Waals surface area contributed by atoms with E-state index < -0.39 is 0 Å². The summed E-state index contributed by atoms with van der Waals surface area (Å²) in [7, 11) is 4.10. The molecule has 0 amide bonds. The first-order valence-corrected chi connectivity index (χ1v) is 6.35. The second-order valence-electron chi connectivity index (χ2n) is 5.34. The van der Waals surface area contributed by atoms with Gasteiger partial charge in [-0.3, -0.25) is 0 Å². The minimum atomic E-state index is 0.238. The number of hydrogen-bond donors (Lipinski definition) is 1. The smallest absolute Gasteiger partial charge is 0.158 e. The molecule has 1 saturated heterocycles. The molecule has 96 valence electrons. The molecule has 2 N–H and O–H groups in total. The van der Waals surface area contributed by atoms with Crippen molar-refractivity contribution in [1.29, 1.82) is 0 Å². The van der Waals surface area contributed by atoms with Crippen molar-refractivity contribution in [3.63, 3.8) is 0 Å². The van der Waals surface area contributed by atoms with Crippen molar-refractivity contribution in [1.82, 2.24) is 19.4 Å². The maximum Gasteiger partial charge on any atom is 0.158 e. The normalized spacial score (nSPS) is 25.7. The molecule has 2 aromatic rings. The Bertz CT molecular complexity index is 552. The topological polar surface area (TPSA) is 60.0 Å². The van der Waals surface area contributed by atoms with Crippen LogP contribution < -0.4 is 5.73 Å². The highest BCUT2D eigenvalue weighted by molar-refractivity contribution is 5.71. The first-order chi connectivity index (χ1) is 8.63. The van der Waals surface area contributed by atoms with Gasteiger partial charge in [0.05, 0.1) is 11.9 Å². The molecule has 2 aromatic heterocycles. The van der Waals surface area contributed by atoms with Crippen LogP contribution in [0.1, 0.15) is 18.0 Å². The van der Waals surface area contributed by atoms with Crippen molar-refractivity contribution in [3.05, 3.63) is 24.2 Å². The summed E-state index contributed by atoms with van der Waals surface area (Å²) >= 11 is 0. The van der Waals surface area contributed by atoms with Crippen molar-refractivity contribution in [3.8, 4) is 0 Å². The van der Waals surface area contributed by atoms with Crippen LogP contribution in [0.5, 0.6) is 0 Å². The lowest BCUT2D eigenvalue weighted by Gasteiger charge is -2.33. The Morgan fingerprint density at radius 2 is 2.17 bits per heavy atom. The summed E-state index contributed by atoms with van der Waals surface area (Å²) in [5.41, 5.74) is 9.05. The van der Waals surface area contributed by atoms with E-state index in [1.54, 1.807) is 0 Å². The van der Waals surface area contributed by atoms with Crippen LogP contribution in [0.2, 0.25) is 0 Å². The lowest BCUT2D eigenvalue weighted by molar-refractivity contribution is 0.225. The van der Waals surface area contributed by atoms with Crippen LogP contribution in [-0.2, 0) is 7.05 Å². The maximum atomic E-state index is 6.08. The van der Waals surface area contributed by atoms with Crippen LogP contribution >= 0.6 is 0 Å². The molecule has 1 aliphatic rings. The number of hydrogen-bond acceptors (Lipinski definition) is 4. The Morgan fingerprint density at radius 3 is 2.94 bits per heavy atom. The third-order valence-corrected chi connectivity index (χ3v) is 3.67. The number of fused-ring (bicyclic) bond motifs is 1. The van der Waals surface area contributed by atoms with Gasteiger partial charge in [0, 0.05) is 38.3 Å². The summed E-state index contributed by atoms with van der Waals surface area (Å²) in [6.45, 7) is 1.98. The standard InChI is InChI=1S/C13H19N5/c1-17-7-9(5-10(14)8-17)12-6-15-13-11(16-12)3-4-18(13)2/h3-4,6,9-10H,5,7-8,14H2,1-2H3. The fraction of sp³-hybridized carbons (Fsp3) is 0.538. The SMILES string of the molecule is CN1CC(N)CC(c2cnc3c(ccn3C)n2)C1. The van der Waals surface area contributed by atoms with E-state index in [1.807, 2.05) is 30.1 Å². The lowest BCUT2D eigenvalue weighted by Crippen LogP contribution is -2.44. The largest absolute Gasteiger partial charge is 0.334 e. The Kier molecular flexibility index (Phi) is 2.80. The molecular weight excluding hydrogens is 226 g/mol. The van der Waals surface area contributed by atoms with E-state index in [1.165, 1.54) is 0 Å². The van der Waals surface area contributed by atoms with Crippen LogP contribution in [0.3, 0.4) is 0 Å². The molecule has 0 radical (unpaired) electrons. The molecule has 0 bridgehead atoms. The summed E-state index contributed by atoms with van der Waals surface area (Å²) in [5.74, 6) is 0.399. The molecule has 0 aromatic carbocycles. The van der Waals surface area contributed by atoms with Crippen LogP contribution in [0.25, 0.3) is 11.2 Å². The van der Waals surface area contributed by atoms with Crippen molar-refractivity contribution in [2.45, 2.75) is 18.4 Å². The van der Waals surface area contributed by atoms with Crippen LogP contribution in [-0.4, -0.2) is 45.6 Å². The van der Waals surface area contributed by atoms with E-state index in [-0.39, 0.29) is 6.04 Å². The van der Waals surface area contributed by atoms with Crippen LogP contribution in [0, 0.1) is 0 Å². The first kappa shape index (κ1) is 11.6. The molecule has 5 nitrogen and oxygen atoms in total. The van der Waals surface area contributed by atoms with Gasteiger partial charge in [0.25, 0.3) is 0 Å². The van der Waals surface area contributed by atoms with E-state index >= 15 is 0 Å². The predicted octanol–water partition coefficient (Wildman–Crippen LogP) is 0.715. The maximum absolute atomic E-state index is 6.08. The van der Waals surface area contributed by atoms with E-state index in [9.17, 15) is 0 Å². The van der Waals surface area contributed by atoms with Crippen LogP contribution in [0.15, 0.2) is 18.5 Å². The Labute approximate surface area is 107 Å². The quantitative estimate of drug-likeness (QED) is 0.804. The third-order valence-electron chi connectivity index (χ3n) is 3.67. The molecule has 2 unspecified atom stereocenters. The van der Waals surface area contributed by atoms with Gasteiger partial charge < -0.3 is 15.2 Å². The van der Waals surface area contributed by atoms with Gasteiger partial charge in [-0.15, -0.1) is 0 Å². The van der Waals surface area contributed by atoms with E-state index in [4.69, 9.17) is 10.7 Å². The van der Waals surface area contributed by atoms with E-state index in [0.29, 0.717) is 5.92 Å². The number of aromatic nitrogens is 3. The Hall–Kier alpha value is -1.46. The fourth-order valence-electron chi connectivity index (χ4n) is 2.82. The van der Waals surface area contributed by atoms with Gasteiger partial charge in [0.15, 0.2) is 5.65 Å². The summed E-state index contributed by atoms with van der Waals surface area (Å²) in [4.78, 5) is 11.5. The average molecular weight is 245 g/mol. The number of nitrogens with two attached hydrogens (primary N) is 1. The minimum Gasteiger partial charge on any atom is -0.334 e. The number of rotatable bonds is 1. The number of aryl methyl sites for hydroxylation is 1. The third kappa shape index (κ3) is 2.00. The zero-order valence-corrected chi connectivity index (χ0v) is 10.9. The number of nitrogens with zero attached hydrogens (tertiary/aromatic N) is 4. The molecule has 2 atom stereocenters. The molecule has 0 aliphatic carbocycles. The van der Waals surface area contributed by atoms with Gasteiger partial charge in [-0.05, 0) is 19.5 Å². The second kappa shape index (κ2) is 4.33. The molecule has 3 heterocycles. The predicted molar refractivity (Wildman–Crippen MR) is 71.3 cm³/mol.